The van der Waals surface area contributed by atoms with Crippen molar-refractivity contribution in [1.82, 2.24) is 4.98 Å². The molecule has 0 bridgehead atoms. The highest BCUT2D eigenvalue weighted by molar-refractivity contribution is 6.32. The van der Waals surface area contributed by atoms with Crippen molar-refractivity contribution in [2.24, 2.45) is 0 Å². The van der Waals surface area contributed by atoms with Crippen LogP contribution in [0.3, 0.4) is 0 Å². The van der Waals surface area contributed by atoms with Crippen LogP contribution in [-0.4, -0.2) is 24.0 Å². The molecule has 0 spiro atoms. The molecule has 0 aliphatic carbocycles. The first-order valence-corrected chi connectivity index (χ1v) is 7.42. The lowest BCUT2D eigenvalue weighted by Crippen LogP contribution is -2.13. The third kappa shape index (κ3) is 3.07. The number of benzene rings is 2. The molecule has 0 N–H and O–H groups in total. The minimum atomic E-state index is -0.700. The first-order chi connectivity index (χ1) is 11.6. The van der Waals surface area contributed by atoms with Crippen LogP contribution in [0.25, 0.3) is 10.8 Å². The van der Waals surface area contributed by atoms with Gasteiger partial charge in [0.2, 0.25) is 0 Å². The van der Waals surface area contributed by atoms with Crippen molar-refractivity contribution < 1.29 is 19.1 Å². The maximum absolute atomic E-state index is 12.3. The number of hydrogen-bond acceptors (Lipinski definition) is 5. The predicted molar refractivity (Wildman–Crippen MR) is 89.5 cm³/mol. The maximum atomic E-state index is 12.3. The van der Waals surface area contributed by atoms with Gasteiger partial charge in [-0.1, -0.05) is 35.9 Å². The topological polar surface area (TPSA) is 65.5 Å². The molecule has 3 aromatic rings. The number of esters is 2. The molecular formula is C18H12ClNO4. The fourth-order valence-electron chi connectivity index (χ4n) is 2.27. The Balaban J connectivity index is 2.05. The molecule has 0 atom stereocenters. The third-order valence-electron chi connectivity index (χ3n) is 3.43. The second kappa shape index (κ2) is 6.68. The first kappa shape index (κ1) is 16.0. The van der Waals surface area contributed by atoms with Gasteiger partial charge < -0.3 is 9.47 Å². The molecule has 0 aliphatic heterocycles. The standard InChI is InChI=1S/C18H12ClNO4/c1-23-17(21)14-9-11-5-2-3-6-12(11)10-15(14)24-18(22)13-7-4-8-20-16(13)19/h2-10H,1H3. The number of carbonyl (C=O) groups is 2. The van der Waals surface area contributed by atoms with Crippen LogP contribution in [0, 0.1) is 0 Å². The lowest BCUT2D eigenvalue weighted by atomic mass is 10.1. The van der Waals surface area contributed by atoms with Gasteiger partial charge >= 0.3 is 11.9 Å². The summed E-state index contributed by atoms with van der Waals surface area (Å²) in [4.78, 5) is 28.2. The number of aromatic nitrogens is 1. The zero-order valence-electron chi connectivity index (χ0n) is 12.7. The van der Waals surface area contributed by atoms with Crippen molar-refractivity contribution in [2.45, 2.75) is 0 Å². The normalized spacial score (nSPS) is 10.4. The Hall–Kier alpha value is -2.92. The number of nitrogens with zero attached hydrogens (tertiary/aromatic N) is 1. The summed E-state index contributed by atoms with van der Waals surface area (Å²) in [7, 11) is 1.26. The molecule has 0 amide bonds. The van der Waals surface area contributed by atoms with E-state index in [2.05, 4.69) is 4.98 Å². The molecule has 0 aliphatic rings. The molecule has 1 heterocycles. The molecule has 3 rings (SSSR count). The molecular weight excluding hydrogens is 330 g/mol. The summed E-state index contributed by atoms with van der Waals surface area (Å²) in [6, 6.07) is 13.7. The quantitative estimate of drug-likeness (QED) is 0.411. The lowest BCUT2D eigenvalue weighted by Gasteiger charge is -2.11. The van der Waals surface area contributed by atoms with E-state index >= 15 is 0 Å². The molecule has 24 heavy (non-hydrogen) atoms. The van der Waals surface area contributed by atoms with Gasteiger partial charge in [0.25, 0.3) is 0 Å². The van der Waals surface area contributed by atoms with E-state index in [9.17, 15) is 9.59 Å². The van der Waals surface area contributed by atoms with E-state index in [1.807, 2.05) is 24.3 Å². The monoisotopic (exact) mass is 341 g/mol. The second-order valence-electron chi connectivity index (χ2n) is 4.92. The number of carbonyl (C=O) groups excluding carboxylic acids is 2. The van der Waals surface area contributed by atoms with E-state index in [4.69, 9.17) is 21.1 Å². The Morgan fingerprint density at radius 3 is 2.33 bits per heavy atom. The van der Waals surface area contributed by atoms with Gasteiger partial charge in [0.15, 0.2) is 0 Å². The van der Waals surface area contributed by atoms with Gasteiger partial charge in [0.05, 0.1) is 12.7 Å². The maximum Gasteiger partial charge on any atom is 0.346 e. The van der Waals surface area contributed by atoms with Crippen molar-refractivity contribution >= 4 is 34.3 Å². The van der Waals surface area contributed by atoms with Crippen LogP contribution >= 0.6 is 11.6 Å². The van der Waals surface area contributed by atoms with Crippen LogP contribution in [0.5, 0.6) is 5.75 Å². The number of hydrogen-bond donors (Lipinski definition) is 0. The zero-order chi connectivity index (χ0) is 17.1. The van der Waals surface area contributed by atoms with Crippen molar-refractivity contribution in [1.29, 1.82) is 0 Å². The lowest BCUT2D eigenvalue weighted by molar-refractivity contribution is 0.0593. The minimum absolute atomic E-state index is 0.0305. The number of halogens is 1. The number of rotatable bonds is 3. The molecule has 0 saturated carbocycles. The summed E-state index contributed by atoms with van der Waals surface area (Å²) in [6.07, 6.45) is 1.47. The predicted octanol–water partition coefficient (Wildman–Crippen LogP) is 3.89. The highest BCUT2D eigenvalue weighted by atomic mass is 35.5. The van der Waals surface area contributed by atoms with Crippen molar-refractivity contribution in [3.8, 4) is 5.75 Å². The Morgan fingerprint density at radius 2 is 1.67 bits per heavy atom. The molecule has 5 nitrogen and oxygen atoms in total. The number of fused-ring (bicyclic) bond motifs is 1. The average Bonchev–Trinajstić information content (AvgIpc) is 2.60. The van der Waals surface area contributed by atoms with E-state index in [1.165, 1.54) is 19.4 Å². The largest absolute Gasteiger partial charge is 0.465 e. The zero-order valence-corrected chi connectivity index (χ0v) is 13.4. The summed E-state index contributed by atoms with van der Waals surface area (Å²) in [5, 5.41) is 1.69. The van der Waals surface area contributed by atoms with Crippen molar-refractivity contribution in [3.63, 3.8) is 0 Å². The number of pyridine rings is 1. The van der Waals surface area contributed by atoms with E-state index in [-0.39, 0.29) is 22.0 Å². The Kier molecular flexibility index (Phi) is 4.44. The SMILES string of the molecule is COC(=O)c1cc2ccccc2cc1OC(=O)c1cccnc1Cl. The Bertz CT molecular complexity index is 939. The van der Waals surface area contributed by atoms with E-state index in [0.717, 1.165) is 10.8 Å². The van der Waals surface area contributed by atoms with Gasteiger partial charge in [-0.2, -0.15) is 0 Å². The van der Waals surface area contributed by atoms with Gasteiger partial charge in [-0.25, -0.2) is 14.6 Å². The fourth-order valence-corrected chi connectivity index (χ4v) is 2.46. The fraction of sp³-hybridized carbons (Fsp3) is 0.0556. The summed E-state index contributed by atoms with van der Waals surface area (Å²) >= 11 is 5.91. The summed E-state index contributed by atoms with van der Waals surface area (Å²) in [6.45, 7) is 0. The van der Waals surface area contributed by atoms with Crippen LogP contribution in [-0.2, 0) is 4.74 Å². The molecule has 2 aromatic carbocycles. The summed E-state index contributed by atoms with van der Waals surface area (Å²) in [5.74, 6) is -1.19. The van der Waals surface area contributed by atoms with Gasteiger partial charge in [0.1, 0.15) is 16.5 Å². The smallest absolute Gasteiger partial charge is 0.346 e. The van der Waals surface area contributed by atoms with E-state index in [1.54, 1.807) is 18.2 Å². The molecule has 0 fully saturated rings. The van der Waals surface area contributed by atoms with E-state index < -0.39 is 11.9 Å². The van der Waals surface area contributed by atoms with Gasteiger partial charge in [-0.15, -0.1) is 0 Å². The van der Waals surface area contributed by atoms with Crippen LogP contribution in [0.4, 0.5) is 0 Å². The second-order valence-corrected chi connectivity index (χ2v) is 5.28. The van der Waals surface area contributed by atoms with Gasteiger partial charge in [-0.3, -0.25) is 0 Å². The number of ether oxygens (including phenoxy) is 2. The van der Waals surface area contributed by atoms with Crippen LogP contribution in [0.1, 0.15) is 20.7 Å². The van der Waals surface area contributed by atoms with Crippen LogP contribution in [0.15, 0.2) is 54.7 Å². The number of methoxy groups -OCH3 is 1. The van der Waals surface area contributed by atoms with Crippen molar-refractivity contribution in [2.75, 3.05) is 7.11 Å². The molecule has 0 radical (unpaired) electrons. The minimum Gasteiger partial charge on any atom is -0.465 e. The Labute approximate surface area is 142 Å². The molecule has 0 unspecified atom stereocenters. The Morgan fingerprint density at radius 1 is 0.958 bits per heavy atom. The van der Waals surface area contributed by atoms with Gasteiger partial charge in [0, 0.05) is 6.20 Å². The highest BCUT2D eigenvalue weighted by Gasteiger charge is 2.19. The molecule has 6 heteroatoms. The third-order valence-corrected chi connectivity index (χ3v) is 3.74. The molecule has 1 aromatic heterocycles. The highest BCUT2D eigenvalue weighted by Crippen LogP contribution is 2.28. The van der Waals surface area contributed by atoms with Gasteiger partial charge in [-0.05, 0) is 35.0 Å². The first-order valence-electron chi connectivity index (χ1n) is 7.04. The van der Waals surface area contributed by atoms with Crippen LogP contribution < -0.4 is 4.74 Å². The van der Waals surface area contributed by atoms with E-state index in [0.29, 0.717) is 0 Å². The molecule has 0 saturated heterocycles. The summed E-state index contributed by atoms with van der Waals surface area (Å²) < 4.78 is 10.1. The van der Waals surface area contributed by atoms with Crippen molar-refractivity contribution in [3.05, 3.63) is 71.0 Å². The average molecular weight is 342 g/mol. The molecule has 120 valence electrons. The summed E-state index contributed by atoms with van der Waals surface area (Å²) in [5.41, 5.74) is 0.271. The van der Waals surface area contributed by atoms with Crippen LogP contribution in [0.2, 0.25) is 5.15 Å².